The normalized spacial score (nSPS) is 10.9. The van der Waals surface area contributed by atoms with Crippen molar-refractivity contribution in [3.63, 3.8) is 0 Å². The first kappa shape index (κ1) is 16.8. The van der Waals surface area contributed by atoms with Crippen LogP contribution in [0, 0.1) is 24.4 Å². The quantitative estimate of drug-likeness (QED) is 0.690. The largest absolute Gasteiger partial charge is 0.481 e. The van der Waals surface area contributed by atoms with Crippen molar-refractivity contribution < 1.29 is 23.1 Å². The molecule has 25 heavy (non-hydrogen) atoms. The highest BCUT2D eigenvalue weighted by Crippen LogP contribution is 2.33. The van der Waals surface area contributed by atoms with Crippen molar-refractivity contribution in [3.8, 4) is 0 Å². The minimum absolute atomic E-state index is 0.290. The Morgan fingerprint density at radius 1 is 1.12 bits per heavy atom. The lowest BCUT2D eigenvalue weighted by molar-refractivity contribution is -0.136. The molecule has 1 aromatic heterocycles. The van der Waals surface area contributed by atoms with Crippen molar-refractivity contribution in [1.82, 2.24) is 4.98 Å². The maximum Gasteiger partial charge on any atom is 0.307 e. The monoisotopic (exact) mass is 346 g/mol. The Morgan fingerprint density at radius 3 is 2.56 bits per heavy atom. The van der Waals surface area contributed by atoms with Crippen LogP contribution < -0.4 is 5.32 Å². The number of fused-ring (bicyclic) bond motifs is 1. The van der Waals surface area contributed by atoms with Gasteiger partial charge in [0.15, 0.2) is 17.5 Å². The number of anilines is 2. The molecule has 2 aromatic carbocycles. The number of para-hydroxylation sites is 1. The summed E-state index contributed by atoms with van der Waals surface area (Å²) < 4.78 is 40.7. The van der Waals surface area contributed by atoms with Crippen molar-refractivity contribution in [2.45, 2.75) is 13.3 Å². The van der Waals surface area contributed by atoms with Gasteiger partial charge in [0.2, 0.25) is 0 Å². The molecule has 4 nitrogen and oxygen atoms in total. The van der Waals surface area contributed by atoms with E-state index in [0.29, 0.717) is 27.8 Å². The highest BCUT2D eigenvalue weighted by Gasteiger charge is 2.19. The Hall–Kier alpha value is -3.09. The number of hydrogen-bond donors (Lipinski definition) is 2. The number of benzene rings is 2. The number of halogens is 3. The van der Waals surface area contributed by atoms with E-state index in [-0.39, 0.29) is 12.1 Å². The van der Waals surface area contributed by atoms with Crippen LogP contribution in [0.3, 0.4) is 0 Å². The molecule has 0 aliphatic rings. The molecule has 1 heterocycles. The zero-order chi connectivity index (χ0) is 18.1. The zero-order valence-corrected chi connectivity index (χ0v) is 13.1. The molecule has 0 unspecified atom stereocenters. The van der Waals surface area contributed by atoms with Crippen LogP contribution in [0.1, 0.15) is 11.3 Å². The van der Waals surface area contributed by atoms with E-state index in [9.17, 15) is 18.0 Å². The summed E-state index contributed by atoms with van der Waals surface area (Å²) >= 11 is 0. The van der Waals surface area contributed by atoms with Crippen LogP contribution in [0.5, 0.6) is 0 Å². The third-order valence-electron chi connectivity index (χ3n) is 3.82. The van der Waals surface area contributed by atoms with Crippen LogP contribution in [0.25, 0.3) is 10.9 Å². The molecule has 3 rings (SSSR count). The number of aryl methyl sites for hydroxylation is 1. The van der Waals surface area contributed by atoms with Crippen LogP contribution in [0.15, 0.2) is 36.4 Å². The Kier molecular flexibility index (Phi) is 4.31. The first-order chi connectivity index (χ1) is 11.9. The van der Waals surface area contributed by atoms with Gasteiger partial charge in [0.05, 0.1) is 23.3 Å². The van der Waals surface area contributed by atoms with Crippen molar-refractivity contribution in [3.05, 3.63) is 65.1 Å². The van der Waals surface area contributed by atoms with E-state index in [4.69, 9.17) is 5.11 Å². The fraction of sp³-hybridized carbons (Fsp3) is 0.111. The lowest BCUT2D eigenvalue weighted by Crippen LogP contribution is -2.09. The van der Waals surface area contributed by atoms with E-state index in [2.05, 4.69) is 10.3 Å². The molecule has 0 aliphatic heterocycles. The van der Waals surface area contributed by atoms with E-state index in [0.717, 1.165) is 12.1 Å². The SMILES string of the molecule is Cc1nc2ccccc2c(Nc2ccc(F)c(F)c2F)c1CC(=O)O. The average molecular weight is 346 g/mol. The van der Waals surface area contributed by atoms with Gasteiger partial charge in [0.1, 0.15) is 0 Å². The van der Waals surface area contributed by atoms with Crippen LogP contribution in [0.2, 0.25) is 0 Å². The second kappa shape index (κ2) is 6.43. The first-order valence-corrected chi connectivity index (χ1v) is 7.39. The summed E-state index contributed by atoms with van der Waals surface area (Å²) in [7, 11) is 0. The molecule has 0 spiro atoms. The van der Waals surface area contributed by atoms with Gasteiger partial charge in [0, 0.05) is 16.6 Å². The van der Waals surface area contributed by atoms with Crippen molar-refractivity contribution in [2.24, 2.45) is 0 Å². The molecule has 0 radical (unpaired) electrons. The Labute approximate surface area is 140 Å². The number of pyridine rings is 1. The number of rotatable bonds is 4. The minimum Gasteiger partial charge on any atom is -0.481 e. The molecule has 0 saturated carbocycles. The summed E-state index contributed by atoms with van der Waals surface area (Å²) in [5.74, 6) is -5.36. The summed E-state index contributed by atoms with van der Waals surface area (Å²) in [5.41, 5.74) is 1.37. The number of carbonyl (C=O) groups is 1. The van der Waals surface area contributed by atoms with Crippen LogP contribution in [-0.4, -0.2) is 16.1 Å². The van der Waals surface area contributed by atoms with Gasteiger partial charge in [0.25, 0.3) is 0 Å². The van der Waals surface area contributed by atoms with Crippen LogP contribution >= 0.6 is 0 Å². The smallest absolute Gasteiger partial charge is 0.307 e. The lowest BCUT2D eigenvalue weighted by atomic mass is 10.0. The first-order valence-electron chi connectivity index (χ1n) is 7.39. The van der Waals surface area contributed by atoms with E-state index >= 15 is 0 Å². The second-order valence-corrected chi connectivity index (χ2v) is 5.49. The molecule has 0 bridgehead atoms. The molecule has 0 saturated heterocycles. The number of aliphatic carboxylic acids is 1. The molecular formula is C18H13F3N2O2. The Bertz CT molecular complexity index is 990. The van der Waals surface area contributed by atoms with Crippen LogP contribution in [0.4, 0.5) is 24.5 Å². The standard InChI is InChI=1S/C18H13F3N2O2/c1-9-11(8-15(24)25)18(10-4-2-3-5-13(10)22-9)23-14-7-6-12(19)16(20)17(14)21/h2-7H,8H2,1H3,(H,22,23)(H,24,25). The second-order valence-electron chi connectivity index (χ2n) is 5.49. The van der Waals surface area contributed by atoms with E-state index in [1.165, 1.54) is 0 Å². The van der Waals surface area contributed by atoms with Gasteiger partial charge < -0.3 is 10.4 Å². The summed E-state index contributed by atoms with van der Waals surface area (Å²) in [4.78, 5) is 15.5. The van der Waals surface area contributed by atoms with Gasteiger partial charge >= 0.3 is 5.97 Å². The summed E-state index contributed by atoms with van der Waals surface area (Å²) in [5, 5.41) is 12.4. The molecule has 128 valence electrons. The van der Waals surface area contributed by atoms with E-state index in [1.807, 2.05) is 0 Å². The van der Waals surface area contributed by atoms with Crippen molar-refractivity contribution in [2.75, 3.05) is 5.32 Å². The Morgan fingerprint density at radius 2 is 1.84 bits per heavy atom. The molecular weight excluding hydrogens is 333 g/mol. The third-order valence-corrected chi connectivity index (χ3v) is 3.82. The van der Waals surface area contributed by atoms with Crippen LogP contribution in [-0.2, 0) is 11.2 Å². The molecule has 0 fully saturated rings. The van der Waals surface area contributed by atoms with Gasteiger partial charge in [-0.05, 0) is 25.1 Å². The topological polar surface area (TPSA) is 62.2 Å². The zero-order valence-electron chi connectivity index (χ0n) is 13.1. The fourth-order valence-corrected chi connectivity index (χ4v) is 2.64. The number of carboxylic acid groups (broad SMARTS) is 1. The highest BCUT2D eigenvalue weighted by atomic mass is 19.2. The fourth-order valence-electron chi connectivity index (χ4n) is 2.64. The minimum atomic E-state index is -1.60. The molecule has 0 atom stereocenters. The van der Waals surface area contributed by atoms with Gasteiger partial charge in [-0.15, -0.1) is 0 Å². The van der Waals surface area contributed by atoms with Crippen molar-refractivity contribution in [1.29, 1.82) is 0 Å². The van der Waals surface area contributed by atoms with Gasteiger partial charge in [-0.3, -0.25) is 9.78 Å². The number of nitrogens with zero attached hydrogens (tertiary/aromatic N) is 1. The summed E-state index contributed by atoms with van der Waals surface area (Å²) in [6.45, 7) is 1.64. The van der Waals surface area contributed by atoms with E-state index < -0.39 is 23.4 Å². The van der Waals surface area contributed by atoms with Gasteiger partial charge in [-0.2, -0.15) is 0 Å². The predicted molar refractivity (Wildman–Crippen MR) is 87.4 cm³/mol. The van der Waals surface area contributed by atoms with Gasteiger partial charge in [-0.25, -0.2) is 13.2 Å². The Balaban J connectivity index is 2.23. The number of nitrogens with one attached hydrogen (secondary N) is 1. The average Bonchev–Trinajstić information content (AvgIpc) is 2.57. The molecule has 0 aliphatic carbocycles. The third kappa shape index (κ3) is 3.13. The summed E-state index contributed by atoms with van der Waals surface area (Å²) in [6, 6.07) is 8.74. The maximum atomic E-state index is 14.0. The molecule has 0 amide bonds. The number of aromatic nitrogens is 1. The molecule has 7 heteroatoms. The highest BCUT2D eigenvalue weighted by molar-refractivity contribution is 5.96. The lowest BCUT2D eigenvalue weighted by Gasteiger charge is -2.17. The molecule has 2 N–H and O–H groups in total. The number of carboxylic acids is 1. The predicted octanol–water partition coefficient (Wildman–Crippen LogP) is 4.33. The molecule has 3 aromatic rings. The number of hydrogen-bond acceptors (Lipinski definition) is 3. The van der Waals surface area contributed by atoms with Gasteiger partial charge in [-0.1, -0.05) is 18.2 Å². The maximum absolute atomic E-state index is 14.0. The van der Waals surface area contributed by atoms with Crippen molar-refractivity contribution >= 4 is 28.2 Å². The van der Waals surface area contributed by atoms with E-state index in [1.54, 1.807) is 31.2 Å². The summed E-state index contributed by atoms with van der Waals surface area (Å²) in [6.07, 6.45) is -0.350.